The van der Waals surface area contributed by atoms with Gasteiger partial charge >= 0.3 is 0 Å². The van der Waals surface area contributed by atoms with E-state index in [1.807, 2.05) is 6.07 Å². The highest BCUT2D eigenvalue weighted by atomic mass is 16.1. The van der Waals surface area contributed by atoms with Gasteiger partial charge in [0.1, 0.15) is 17.1 Å². The number of pyridine rings is 2. The van der Waals surface area contributed by atoms with Crippen molar-refractivity contribution in [2.45, 2.75) is 26.2 Å². The molecule has 3 heterocycles. The summed E-state index contributed by atoms with van der Waals surface area (Å²) < 4.78 is 0. The Morgan fingerprint density at radius 2 is 2.24 bits per heavy atom. The third-order valence-corrected chi connectivity index (χ3v) is 4.36. The molecule has 1 aliphatic heterocycles. The Kier molecular flexibility index (Phi) is 3.61. The third-order valence-electron chi connectivity index (χ3n) is 4.36. The number of aromatic amines is 1. The molecule has 108 valence electrons. The molecule has 0 bridgehead atoms. The van der Waals surface area contributed by atoms with Gasteiger partial charge in [0, 0.05) is 19.3 Å². The number of hydrogen-bond donors (Lipinski definition) is 1. The molecule has 0 spiro atoms. The molecule has 5 heteroatoms. The summed E-state index contributed by atoms with van der Waals surface area (Å²) in [5.74, 6) is 0.744. The van der Waals surface area contributed by atoms with Gasteiger partial charge in [-0.25, -0.2) is 0 Å². The van der Waals surface area contributed by atoms with Crippen molar-refractivity contribution in [3.05, 3.63) is 34.2 Å². The molecule has 1 saturated heterocycles. The van der Waals surface area contributed by atoms with E-state index in [-0.39, 0.29) is 11.1 Å². The lowest BCUT2D eigenvalue weighted by Gasteiger charge is -2.33. The maximum atomic E-state index is 12.1. The Hall–Kier alpha value is -2.35. The van der Waals surface area contributed by atoms with Crippen molar-refractivity contribution in [2.75, 3.05) is 18.0 Å². The highest BCUT2D eigenvalue weighted by Gasteiger charge is 2.24. The Balaban J connectivity index is 2.13. The molecule has 0 saturated carbocycles. The zero-order valence-corrected chi connectivity index (χ0v) is 12.1. The van der Waals surface area contributed by atoms with Gasteiger partial charge in [0.15, 0.2) is 0 Å². The average molecular weight is 282 g/mol. The van der Waals surface area contributed by atoms with Crippen LogP contribution in [0.1, 0.15) is 31.7 Å². The predicted octanol–water partition coefficient (Wildman–Crippen LogP) is 2.42. The van der Waals surface area contributed by atoms with Gasteiger partial charge in [-0.15, -0.1) is 0 Å². The molecule has 2 aromatic heterocycles. The minimum Gasteiger partial charge on any atom is -0.368 e. The van der Waals surface area contributed by atoms with Crippen LogP contribution in [-0.2, 0) is 0 Å². The van der Waals surface area contributed by atoms with E-state index in [9.17, 15) is 10.1 Å². The smallest absolute Gasteiger partial charge is 0.268 e. The van der Waals surface area contributed by atoms with Gasteiger partial charge in [-0.05, 0) is 30.9 Å². The SMILES string of the molecule is CCC1CCN(c2c(C#N)c(=O)[nH]c3cccnc23)CC1. The molecule has 0 radical (unpaired) electrons. The lowest BCUT2D eigenvalue weighted by Crippen LogP contribution is -2.35. The van der Waals surface area contributed by atoms with Crippen molar-refractivity contribution in [3.8, 4) is 6.07 Å². The Morgan fingerprint density at radius 1 is 1.48 bits per heavy atom. The van der Waals surface area contributed by atoms with E-state index in [0.29, 0.717) is 16.7 Å². The van der Waals surface area contributed by atoms with Gasteiger partial charge in [-0.2, -0.15) is 5.26 Å². The first kappa shape index (κ1) is 13.6. The largest absolute Gasteiger partial charge is 0.368 e. The standard InChI is InChI=1S/C16H18N4O/c1-2-11-5-8-20(9-6-11)15-12(10-17)16(21)19-13-4-3-7-18-14(13)15/h3-4,7,11H,2,5-6,8-9H2,1H3,(H,19,21). The first-order valence-corrected chi connectivity index (χ1v) is 7.40. The summed E-state index contributed by atoms with van der Waals surface area (Å²) in [6.07, 6.45) is 5.09. The van der Waals surface area contributed by atoms with Crippen molar-refractivity contribution in [1.29, 1.82) is 5.26 Å². The first-order valence-electron chi connectivity index (χ1n) is 7.40. The quantitative estimate of drug-likeness (QED) is 0.918. The molecule has 0 aliphatic carbocycles. The second-order valence-corrected chi connectivity index (χ2v) is 5.53. The maximum absolute atomic E-state index is 12.1. The average Bonchev–Trinajstić information content (AvgIpc) is 2.53. The van der Waals surface area contributed by atoms with E-state index >= 15 is 0 Å². The summed E-state index contributed by atoms with van der Waals surface area (Å²) in [6, 6.07) is 5.67. The van der Waals surface area contributed by atoms with Crippen LogP contribution in [0.4, 0.5) is 5.69 Å². The fourth-order valence-corrected chi connectivity index (χ4v) is 3.08. The van der Waals surface area contributed by atoms with Crippen LogP contribution in [0.2, 0.25) is 0 Å². The number of anilines is 1. The topological polar surface area (TPSA) is 72.8 Å². The van der Waals surface area contributed by atoms with Crippen molar-refractivity contribution in [1.82, 2.24) is 9.97 Å². The Labute approximate surface area is 123 Å². The summed E-state index contributed by atoms with van der Waals surface area (Å²) in [7, 11) is 0. The predicted molar refractivity (Wildman–Crippen MR) is 82.3 cm³/mol. The van der Waals surface area contributed by atoms with Gasteiger partial charge in [0.05, 0.1) is 11.2 Å². The lowest BCUT2D eigenvalue weighted by atomic mass is 9.94. The molecule has 1 N–H and O–H groups in total. The number of aromatic nitrogens is 2. The molecule has 0 unspecified atom stereocenters. The Morgan fingerprint density at radius 3 is 2.90 bits per heavy atom. The van der Waals surface area contributed by atoms with E-state index in [0.717, 1.165) is 31.8 Å². The second kappa shape index (κ2) is 5.57. The number of nitrogens with zero attached hydrogens (tertiary/aromatic N) is 3. The van der Waals surface area contributed by atoms with Crippen LogP contribution >= 0.6 is 0 Å². The summed E-state index contributed by atoms with van der Waals surface area (Å²) in [5.41, 5.74) is 1.95. The van der Waals surface area contributed by atoms with Crippen molar-refractivity contribution >= 4 is 16.7 Å². The second-order valence-electron chi connectivity index (χ2n) is 5.53. The van der Waals surface area contributed by atoms with E-state index < -0.39 is 0 Å². The molecule has 0 aromatic carbocycles. The van der Waals surface area contributed by atoms with Crippen LogP contribution in [0.3, 0.4) is 0 Å². The van der Waals surface area contributed by atoms with E-state index in [2.05, 4.69) is 27.9 Å². The number of fused-ring (bicyclic) bond motifs is 1. The molecule has 5 nitrogen and oxygen atoms in total. The number of nitriles is 1. The fraction of sp³-hybridized carbons (Fsp3) is 0.438. The highest BCUT2D eigenvalue weighted by Crippen LogP contribution is 2.30. The van der Waals surface area contributed by atoms with Gasteiger partial charge in [0.25, 0.3) is 5.56 Å². The zero-order valence-electron chi connectivity index (χ0n) is 12.1. The highest BCUT2D eigenvalue weighted by molar-refractivity contribution is 5.90. The summed E-state index contributed by atoms with van der Waals surface area (Å²) in [4.78, 5) is 21.4. The molecule has 1 aliphatic rings. The van der Waals surface area contributed by atoms with Gasteiger partial charge in [0.2, 0.25) is 0 Å². The molecule has 1 fully saturated rings. The van der Waals surface area contributed by atoms with Gasteiger partial charge < -0.3 is 9.88 Å². The van der Waals surface area contributed by atoms with Crippen LogP contribution < -0.4 is 10.5 Å². The number of hydrogen-bond acceptors (Lipinski definition) is 4. The van der Waals surface area contributed by atoms with E-state index in [4.69, 9.17) is 0 Å². The zero-order chi connectivity index (χ0) is 14.8. The first-order chi connectivity index (χ1) is 10.2. The Bertz CT molecular complexity index is 751. The number of piperidine rings is 1. The van der Waals surface area contributed by atoms with Crippen molar-refractivity contribution < 1.29 is 0 Å². The molecule has 21 heavy (non-hydrogen) atoms. The summed E-state index contributed by atoms with van der Waals surface area (Å²) in [6.45, 7) is 3.97. The molecular formula is C16H18N4O. The number of rotatable bonds is 2. The molecule has 0 atom stereocenters. The van der Waals surface area contributed by atoms with E-state index in [1.165, 1.54) is 6.42 Å². The maximum Gasteiger partial charge on any atom is 0.268 e. The van der Waals surface area contributed by atoms with Crippen molar-refractivity contribution in [2.24, 2.45) is 5.92 Å². The minimum absolute atomic E-state index is 0.177. The molecule has 3 rings (SSSR count). The fourth-order valence-electron chi connectivity index (χ4n) is 3.08. The monoisotopic (exact) mass is 282 g/mol. The van der Waals surface area contributed by atoms with Gasteiger partial charge in [-0.3, -0.25) is 9.78 Å². The molecule has 0 amide bonds. The number of nitrogens with one attached hydrogen (secondary N) is 1. The summed E-state index contributed by atoms with van der Waals surface area (Å²) in [5, 5.41) is 9.36. The van der Waals surface area contributed by atoms with Gasteiger partial charge in [-0.1, -0.05) is 13.3 Å². The molecule has 2 aromatic rings. The molecular weight excluding hydrogens is 264 g/mol. The van der Waals surface area contributed by atoms with Crippen LogP contribution in [0.5, 0.6) is 0 Å². The van der Waals surface area contributed by atoms with Crippen molar-refractivity contribution in [3.63, 3.8) is 0 Å². The third kappa shape index (κ3) is 2.38. The van der Waals surface area contributed by atoms with Crippen LogP contribution in [0.15, 0.2) is 23.1 Å². The van der Waals surface area contributed by atoms with Crippen LogP contribution in [-0.4, -0.2) is 23.1 Å². The normalized spacial score (nSPS) is 16.1. The van der Waals surface area contributed by atoms with E-state index in [1.54, 1.807) is 12.3 Å². The van der Waals surface area contributed by atoms with Crippen LogP contribution in [0, 0.1) is 17.2 Å². The minimum atomic E-state index is -0.328. The van der Waals surface area contributed by atoms with Crippen LogP contribution in [0.25, 0.3) is 11.0 Å². The number of H-pyrrole nitrogens is 1. The summed E-state index contributed by atoms with van der Waals surface area (Å²) >= 11 is 0. The lowest BCUT2D eigenvalue weighted by molar-refractivity contribution is 0.395.